The zero-order valence-electron chi connectivity index (χ0n) is 9.85. The summed E-state index contributed by atoms with van der Waals surface area (Å²) in [5.41, 5.74) is 0. The van der Waals surface area contributed by atoms with Crippen LogP contribution >= 0.6 is 27.5 Å². The minimum Gasteiger partial charge on any atom is -0.466 e. The van der Waals surface area contributed by atoms with Crippen LogP contribution in [0.5, 0.6) is 0 Å². The number of alkyl halides is 2. The van der Waals surface area contributed by atoms with Gasteiger partial charge in [-0.3, -0.25) is 4.79 Å². The molecule has 0 aliphatic rings. The molecule has 0 saturated carbocycles. The Morgan fingerprint density at radius 1 is 1.00 bits per heavy atom. The molecule has 16 heavy (non-hydrogen) atoms. The van der Waals surface area contributed by atoms with Crippen molar-refractivity contribution >= 4 is 33.5 Å². The fraction of sp³-hybridized carbons (Fsp3) is 0.917. The summed E-state index contributed by atoms with van der Waals surface area (Å²) >= 11 is 8.86. The third-order valence-electron chi connectivity index (χ3n) is 2.31. The Bertz CT molecular complexity index is 165. The van der Waals surface area contributed by atoms with Crippen LogP contribution < -0.4 is 0 Å². The number of rotatable bonds is 11. The lowest BCUT2D eigenvalue weighted by Crippen LogP contribution is -2.05. The number of carbonyl (C=O) groups is 1. The molecule has 0 aromatic carbocycles. The van der Waals surface area contributed by atoms with E-state index in [1.165, 1.54) is 19.3 Å². The summed E-state index contributed by atoms with van der Waals surface area (Å²) in [6.07, 6.45) is 8.31. The Morgan fingerprint density at radius 2 is 1.62 bits per heavy atom. The highest BCUT2D eigenvalue weighted by Crippen LogP contribution is 2.06. The first-order valence-corrected chi connectivity index (χ1v) is 7.74. The molecule has 0 aromatic heterocycles. The highest BCUT2D eigenvalue weighted by atomic mass is 79.9. The van der Waals surface area contributed by atoms with E-state index in [1.807, 2.05) is 0 Å². The van der Waals surface area contributed by atoms with Gasteiger partial charge in [-0.05, 0) is 19.3 Å². The van der Waals surface area contributed by atoms with E-state index in [-0.39, 0.29) is 5.97 Å². The molecule has 0 rings (SSSR count). The first-order chi connectivity index (χ1) is 7.81. The molecule has 0 aromatic rings. The number of hydrogen-bond acceptors (Lipinski definition) is 2. The van der Waals surface area contributed by atoms with Crippen LogP contribution in [0.25, 0.3) is 0 Å². The molecular weight excluding hydrogens is 291 g/mol. The Hall–Kier alpha value is 0.240. The largest absolute Gasteiger partial charge is 0.466 e. The Labute approximate surface area is 112 Å². The fourth-order valence-corrected chi connectivity index (χ4v) is 1.84. The van der Waals surface area contributed by atoms with E-state index >= 15 is 0 Å². The van der Waals surface area contributed by atoms with Crippen LogP contribution in [-0.2, 0) is 9.53 Å². The Morgan fingerprint density at radius 3 is 2.25 bits per heavy atom. The van der Waals surface area contributed by atoms with Crippen molar-refractivity contribution in [2.24, 2.45) is 0 Å². The summed E-state index contributed by atoms with van der Waals surface area (Å²) < 4.78 is 5.09. The minimum atomic E-state index is -0.0680. The van der Waals surface area contributed by atoms with Crippen LogP contribution in [-0.4, -0.2) is 23.8 Å². The average molecular weight is 314 g/mol. The molecule has 96 valence electrons. The maximum Gasteiger partial charge on any atom is 0.305 e. The molecule has 0 N–H and O–H groups in total. The van der Waals surface area contributed by atoms with Gasteiger partial charge in [0.25, 0.3) is 0 Å². The van der Waals surface area contributed by atoms with E-state index in [0.717, 1.165) is 36.9 Å². The summed E-state index contributed by atoms with van der Waals surface area (Å²) in [6.45, 7) is 0.580. The number of hydrogen-bond donors (Lipinski definition) is 0. The molecule has 0 atom stereocenters. The fourth-order valence-electron chi connectivity index (χ4n) is 1.37. The molecule has 0 radical (unpaired) electrons. The monoisotopic (exact) mass is 312 g/mol. The van der Waals surface area contributed by atoms with E-state index in [9.17, 15) is 4.79 Å². The summed E-state index contributed by atoms with van der Waals surface area (Å²) in [4.78, 5) is 11.1. The maximum absolute atomic E-state index is 11.1. The van der Waals surface area contributed by atoms with Crippen molar-refractivity contribution in [1.82, 2.24) is 0 Å². The van der Waals surface area contributed by atoms with Gasteiger partial charge in [0, 0.05) is 17.6 Å². The molecule has 4 heteroatoms. The Balaban J connectivity index is 3.05. The van der Waals surface area contributed by atoms with Crippen LogP contribution in [0.3, 0.4) is 0 Å². The first-order valence-electron chi connectivity index (χ1n) is 6.08. The average Bonchev–Trinajstić information content (AvgIpc) is 2.30. The molecule has 0 amide bonds. The van der Waals surface area contributed by atoms with Crippen LogP contribution in [0.2, 0.25) is 0 Å². The summed E-state index contributed by atoms with van der Waals surface area (Å²) in [5, 5.41) is 0.864. The normalized spacial score (nSPS) is 10.4. The molecular formula is C12H22BrClO2. The van der Waals surface area contributed by atoms with Crippen molar-refractivity contribution in [3.63, 3.8) is 0 Å². The highest BCUT2D eigenvalue weighted by molar-refractivity contribution is 9.09. The molecule has 0 heterocycles. The van der Waals surface area contributed by atoms with Gasteiger partial charge in [-0.25, -0.2) is 0 Å². The van der Waals surface area contributed by atoms with Gasteiger partial charge in [0.2, 0.25) is 0 Å². The summed E-state index contributed by atoms with van der Waals surface area (Å²) in [5.74, 6) is 0.701. The third kappa shape index (κ3) is 12.3. The van der Waals surface area contributed by atoms with Crippen molar-refractivity contribution in [2.75, 3.05) is 17.8 Å². The number of carbonyl (C=O) groups excluding carboxylic acids is 1. The molecule has 0 aliphatic carbocycles. The topological polar surface area (TPSA) is 26.3 Å². The van der Waals surface area contributed by atoms with Gasteiger partial charge < -0.3 is 4.74 Å². The van der Waals surface area contributed by atoms with E-state index in [1.54, 1.807) is 0 Å². The van der Waals surface area contributed by atoms with Gasteiger partial charge in [-0.15, -0.1) is 11.6 Å². The second kappa shape index (κ2) is 13.3. The van der Waals surface area contributed by atoms with Crippen molar-refractivity contribution in [1.29, 1.82) is 0 Å². The van der Waals surface area contributed by atoms with Gasteiger partial charge in [-0.1, -0.05) is 41.6 Å². The van der Waals surface area contributed by atoms with E-state index < -0.39 is 0 Å². The predicted molar refractivity (Wildman–Crippen MR) is 72.4 cm³/mol. The standard InChI is InChI=1S/C12H22BrClO2/c13-9-7-8-12(15)16-11-6-4-2-1-3-5-10-14/h1-11H2. The zero-order valence-corrected chi connectivity index (χ0v) is 12.2. The number of ether oxygens (including phenoxy) is 1. The quantitative estimate of drug-likeness (QED) is 0.323. The van der Waals surface area contributed by atoms with Crippen LogP contribution in [0, 0.1) is 0 Å². The lowest BCUT2D eigenvalue weighted by molar-refractivity contribution is -0.143. The summed E-state index contributed by atoms with van der Waals surface area (Å²) in [6, 6.07) is 0. The van der Waals surface area contributed by atoms with Crippen molar-refractivity contribution in [3.05, 3.63) is 0 Å². The molecule has 0 bridgehead atoms. The van der Waals surface area contributed by atoms with Gasteiger partial charge in [-0.2, -0.15) is 0 Å². The van der Waals surface area contributed by atoms with Crippen LogP contribution in [0.4, 0.5) is 0 Å². The SMILES string of the molecule is O=C(CCCBr)OCCCCCCCCCl. The Kier molecular flexibility index (Phi) is 13.5. The molecule has 0 fully saturated rings. The van der Waals surface area contributed by atoms with Crippen molar-refractivity contribution < 1.29 is 9.53 Å². The maximum atomic E-state index is 11.1. The minimum absolute atomic E-state index is 0.0680. The molecule has 0 aliphatic heterocycles. The van der Waals surface area contributed by atoms with Crippen LogP contribution in [0.1, 0.15) is 51.4 Å². The lowest BCUT2D eigenvalue weighted by atomic mass is 10.1. The molecule has 0 unspecified atom stereocenters. The third-order valence-corrected chi connectivity index (χ3v) is 3.13. The summed E-state index contributed by atoms with van der Waals surface area (Å²) in [7, 11) is 0. The lowest BCUT2D eigenvalue weighted by Gasteiger charge is -2.04. The second-order valence-electron chi connectivity index (χ2n) is 3.82. The van der Waals surface area contributed by atoms with Gasteiger partial charge in [0.05, 0.1) is 6.61 Å². The van der Waals surface area contributed by atoms with Gasteiger partial charge in [0.15, 0.2) is 0 Å². The number of halogens is 2. The van der Waals surface area contributed by atoms with Gasteiger partial charge >= 0.3 is 5.97 Å². The highest BCUT2D eigenvalue weighted by Gasteiger charge is 2.00. The molecule has 0 saturated heterocycles. The second-order valence-corrected chi connectivity index (χ2v) is 4.99. The van der Waals surface area contributed by atoms with Crippen molar-refractivity contribution in [3.8, 4) is 0 Å². The number of unbranched alkanes of at least 4 members (excludes halogenated alkanes) is 5. The zero-order chi connectivity index (χ0) is 12.1. The van der Waals surface area contributed by atoms with Crippen LogP contribution in [0.15, 0.2) is 0 Å². The number of esters is 1. The molecule has 2 nitrogen and oxygen atoms in total. The van der Waals surface area contributed by atoms with E-state index in [0.29, 0.717) is 13.0 Å². The van der Waals surface area contributed by atoms with Crippen molar-refractivity contribution in [2.45, 2.75) is 51.4 Å². The van der Waals surface area contributed by atoms with E-state index in [2.05, 4.69) is 15.9 Å². The predicted octanol–water partition coefficient (Wildman–Crippen LogP) is 4.28. The van der Waals surface area contributed by atoms with Gasteiger partial charge in [0.1, 0.15) is 0 Å². The first kappa shape index (κ1) is 16.2. The molecule has 0 spiro atoms. The smallest absolute Gasteiger partial charge is 0.305 e. The van der Waals surface area contributed by atoms with E-state index in [4.69, 9.17) is 16.3 Å².